The Bertz CT molecular complexity index is 459. The average molecular weight is 295 g/mol. The van der Waals surface area contributed by atoms with Crippen LogP contribution in [0, 0.1) is 5.82 Å². The summed E-state index contributed by atoms with van der Waals surface area (Å²) in [6, 6.07) is 4.87. The molecule has 118 valence electrons. The number of anilines is 1. The number of hydrogen-bond donors (Lipinski definition) is 2. The van der Waals surface area contributed by atoms with Gasteiger partial charge in [0.05, 0.1) is 12.6 Å². The lowest BCUT2D eigenvalue weighted by atomic mass is 9.87. The molecule has 1 heterocycles. The number of methoxy groups -OCH3 is 1. The lowest BCUT2D eigenvalue weighted by Gasteiger charge is -2.42. The van der Waals surface area contributed by atoms with E-state index in [-0.39, 0.29) is 17.1 Å². The quantitative estimate of drug-likeness (QED) is 0.846. The molecule has 2 rings (SSSR count). The van der Waals surface area contributed by atoms with Crippen molar-refractivity contribution in [2.75, 3.05) is 38.6 Å². The summed E-state index contributed by atoms with van der Waals surface area (Å²) in [4.78, 5) is 2.47. The molecule has 0 aliphatic carbocycles. The number of benzene rings is 1. The largest absolute Gasteiger partial charge is 0.494 e. The predicted octanol–water partition coefficient (Wildman–Crippen LogP) is 2.45. The van der Waals surface area contributed by atoms with Gasteiger partial charge in [-0.3, -0.25) is 0 Å². The van der Waals surface area contributed by atoms with Crippen molar-refractivity contribution in [2.24, 2.45) is 5.73 Å². The Balaban J connectivity index is 2.05. The van der Waals surface area contributed by atoms with E-state index in [2.05, 4.69) is 17.1 Å². The summed E-state index contributed by atoms with van der Waals surface area (Å²) in [5.74, 6) is -0.0850. The first kappa shape index (κ1) is 16.0. The average Bonchev–Trinajstić information content (AvgIpc) is 2.51. The Labute approximate surface area is 126 Å². The first-order valence-electron chi connectivity index (χ1n) is 7.66. The van der Waals surface area contributed by atoms with Gasteiger partial charge in [-0.1, -0.05) is 6.92 Å². The van der Waals surface area contributed by atoms with Gasteiger partial charge in [0, 0.05) is 31.4 Å². The summed E-state index contributed by atoms with van der Waals surface area (Å²) in [5, 5.41) is 3.51. The fraction of sp³-hybridized carbons (Fsp3) is 0.625. The summed E-state index contributed by atoms with van der Waals surface area (Å²) in [5.41, 5.74) is 6.78. The molecule has 1 fully saturated rings. The van der Waals surface area contributed by atoms with E-state index in [1.165, 1.54) is 19.6 Å². The highest BCUT2D eigenvalue weighted by molar-refractivity contribution is 5.51. The first-order chi connectivity index (χ1) is 10.1. The van der Waals surface area contributed by atoms with Gasteiger partial charge in [0.1, 0.15) is 0 Å². The SMILES string of the molecule is CCCN1CCC(CN)(Nc2ccc(F)c(OC)c2)CC1. The molecule has 5 heteroatoms. The van der Waals surface area contributed by atoms with Gasteiger partial charge in [0.25, 0.3) is 0 Å². The Morgan fingerprint density at radius 3 is 2.67 bits per heavy atom. The minimum absolute atomic E-state index is 0.104. The van der Waals surface area contributed by atoms with Gasteiger partial charge in [-0.15, -0.1) is 0 Å². The molecule has 21 heavy (non-hydrogen) atoms. The lowest BCUT2D eigenvalue weighted by Crippen LogP contribution is -2.53. The Hall–Kier alpha value is -1.33. The molecule has 0 saturated carbocycles. The molecule has 1 saturated heterocycles. The number of rotatable bonds is 6. The molecular formula is C16H26FN3O. The van der Waals surface area contributed by atoms with Crippen LogP contribution in [0.5, 0.6) is 5.75 Å². The van der Waals surface area contributed by atoms with E-state index in [1.807, 2.05) is 0 Å². The highest BCUT2D eigenvalue weighted by Gasteiger charge is 2.33. The van der Waals surface area contributed by atoms with Crippen molar-refractivity contribution in [3.8, 4) is 5.75 Å². The third kappa shape index (κ3) is 3.86. The second kappa shape index (κ2) is 7.09. The van der Waals surface area contributed by atoms with Gasteiger partial charge in [-0.2, -0.15) is 0 Å². The molecule has 0 amide bonds. The van der Waals surface area contributed by atoms with Crippen LogP contribution in [0.15, 0.2) is 18.2 Å². The van der Waals surface area contributed by atoms with Crippen LogP contribution in [-0.4, -0.2) is 43.7 Å². The van der Waals surface area contributed by atoms with Gasteiger partial charge in [0.2, 0.25) is 0 Å². The topological polar surface area (TPSA) is 50.5 Å². The summed E-state index contributed by atoms with van der Waals surface area (Å²) >= 11 is 0. The highest BCUT2D eigenvalue weighted by atomic mass is 19.1. The van der Waals surface area contributed by atoms with Crippen molar-refractivity contribution in [2.45, 2.75) is 31.7 Å². The van der Waals surface area contributed by atoms with Crippen LogP contribution < -0.4 is 15.8 Å². The number of hydrogen-bond acceptors (Lipinski definition) is 4. The van der Waals surface area contributed by atoms with Crippen LogP contribution in [0.4, 0.5) is 10.1 Å². The standard InChI is InChI=1S/C16H26FN3O/c1-3-8-20-9-6-16(12-18,7-10-20)19-13-4-5-14(17)15(11-13)21-2/h4-5,11,19H,3,6-10,12,18H2,1-2H3. The van der Waals surface area contributed by atoms with E-state index < -0.39 is 0 Å². The van der Waals surface area contributed by atoms with Crippen LogP contribution in [0.25, 0.3) is 0 Å². The second-order valence-electron chi connectivity index (χ2n) is 5.80. The molecule has 0 bridgehead atoms. The molecule has 3 N–H and O–H groups in total. The number of halogens is 1. The fourth-order valence-electron chi connectivity index (χ4n) is 2.94. The van der Waals surface area contributed by atoms with Crippen molar-refractivity contribution >= 4 is 5.69 Å². The van der Waals surface area contributed by atoms with E-state index in [0.29, 0.717) is 6.54 Å². The second-order valence-corrected chi connectivity index (χ2v) is 5.80. The van der Waals surface area contributed by atoms with Crippen LogP contribution in [-0.2, 0) is 0 Å². The number of piperidine rings is 1. The van der Waals surface area contributed by atoms with E-state index in [1.54, 1.807) is 12.1 Å². The smallest absolute Gasteiger partial charge is 0.165 e. The summed E-state index contributed by atoms with van der Waals surface area (Å²) in [6.45, 7) is 6.03. The highest BCUT2D eigenvalue weighted by Crippen LogP contribution is 2.29. The molecule has 1 aromatic rings. The molecule has 0 unspecified atom stereocenters. The van der Waals surface area contributed by atoms with Crippen molar-refractivity contribution in [3.05, 3.63) is 24.0 Å². The van der Waals surface area contributed by atoms with Gasteiger partial charge in [-0.25, -0.2) is 4.39 Å². The zero-order chi connectivity index (χ0) is 15.3. The van der Waals surface area contributed by atoms with Crippen LogP contribution in [0.1, 0.15) is 26.2 Å². The minimum atomic E-state index is -0.345. The van der Waals surface area contributed by atoms with Crippen LogP contribution >= 0.6 is 0 Å². The maximum absolute atomic E-state index is 13.5. The summed E-state index contributed by atoms with van der Waals surface area (Å²) < 4.78 is 18.5. The third-order valence-electron chi connectivity index (χ3n) is 4.30. The minimum Gasteiger partial charge on any atom is -0.494 e. The number of nitrogens with two attached hydrogens (primary N) is 1. The molecule has 0 aromatic heterocycles. The molecule has 0 spiro atoms. The maximum Gasteiger partial charge on any atom is 0.165 e. The normalized spacial score (nSPS) is 18.5. The van der Waals surface area contributed by atoms with Gasteiger partial charge in [0.15, 0.2) is 11.6 Å². The Kier molecular flexibility index (Phi) is 5.42. The molecule has 0 radical (unpaired) electrons. The zero-order valence-corrected chi connectivity index (χ0v) is 13.0. The van der Waals surface area contributed by atoms with Gasteiger partial charge in [-0.05, 0) is 37.9 Å². The maximum atomic E-state index is 13.5. The van der Waals surface area contributed by atoms with Crippen molar-refractivity contribution in [1.29, 1.82) is 0 Å². The molecule has 1 aromatic carbocycles. The Morgan fingerprint density at radius 1 is 1.38 bits per heavy atom. The monoisotopic (exact) mass is 295 g/mol. The molecule has 1 aliphatic heterocycles. The zero-order valence-electron chi connectivity index (χ0n) is 13.0. The third-order valence-corrected chi connectivity index (χ3v) is 4.30. The molecule has 1 aliphatic rings. The van der Waals surface area contributed by atoms with Crippen LogP contribution in [0.3, 0.4) is 0 Å². The lowest BCUT2D eigenvalue weighted by molar-refractivity contribution is 0.177. The van der Waals surface area contributed by atoms with E-state index in [9.17, 15) is 4.39 Å². The number of nitrogens with zero attached hydrogens (tertiary/aromatic N) is 1. The van der Waals surface area contributed by atoms with Gasteiger partial charge < -0.3 is 20.7 Å². The van der Waals surface area contributed by atoms with Crippen molar-refractivity contribution < 1.29 is 9.13 Å². The molecular weight excluding hydrogens is 269 g/mol. The van der Waals surface area contributed by atoms with Crippen LogP contribution in [0.2, 0.25) is 0 Å². The number of nitrogens with one attached hydrogen (secondary N) is 1. The molecule has 4 nitrogen and oxygen atoms in total. The van der Waals surface area contributed by atoms with E-state index >= 15 is 0 Å². The number of likely N-dealkylation sites (tertiary alicyclic amines) is 1. The van der Waals surface area contributed by atoms with Crippen molar-refractivity contribution in [3.63, 3.8) is 0 Å². The van der Waals surface area contributed by atoms with Gasteiger partial charge >= 0.3 is 0 Å². The van der Waals surface area contributed by atoms with Crippen molar-refractivity contribution in [1.82, 2.24) is 4.90 Å². The van der Waals surface area contributed by atoms with E-state index in [0.717, 1.165) is 38.2 Å². The first-order valence-corrected chi connectivity index (χ1v) is 7.66. The Morgan fingerprint density at radius 2 is 2.10 bits per heavy atom. The molecule has 0 atom stereocenters. The summed E-state index contributed by atoms with van der Waals surface area (Å²) in [7, 11) is 1.48. The van der Waals surface area contributed by atoms with E-state index in [4.69, 9.17) is 10.5 Å². The summed E-state index contributed by atoms with van der Waals surface area (Å²) in [6.07, 6.45) is 3.19. The predicted molar refractivity (Wildman–Crippen MR) is 84.3 cm³/mol. The fourth-order valence-corrected chi connectivity index (χ4v) is 2.94. The number of ether oxygens (including phenoxy) is 1.